The monoisotopic (exact) mass is 197 g/mol. The van der Waals surface area contributed by atoms with E-state index in [1.807, 2.05) is 0 Å². The fourth-order valence-corrected chi connectivity index (χ4v) is 1.94. The van der Waals surface area contributed by atoms with Crippen molar-refractivity contribution in [3.8, 4) is 0 Å². The van der Waals surface area contributed by atoms with E-state index in [1.54, 1.807) is 0 Å². The van der Waals surface area contributed by atoms with Gasteiger partial charge in [-0.25, -0.2) is 4.79 Å². The van der Waals surface area contributed by atoms with Crippen LogP contribution >= 0.6 is 0 Å². The highest BCUT2D eigenvalue weighted by Gasteiger charge is 2.21. The molecular weight excluding hydrogens is 178 g/mol. The Balaban J connectivity index is 1.64. The highest BCUT2D eigenvalue weighted by atomic mass is 16.2. The number of carbonyl (C=O) groups is 1. The van der Waals surface area contributed by atoms with E-state index in [0.717, 1.165) is 38.8 Å². The molecule has 1 unspecified atom stereocenters. The summed E-state index contributed by atoms with van der Waals surface area (Å²) in [4.78, 5) is 11.5. The minimum absolute atomic E-state index is 0.0170. The summed E-state index contributed by atoms with van der Waals surface area (Å²) >= 11 is 0. The van der Waals surface area contributed by atoms with Gasteiger partial charge in [-0.05, 0) is 38.6 Å². The molecule has 1 aliphatic heterocycles. The normalized spacial score (nSPS) is 27.9. The summed E-state index contributed by atoms with van der Waals surface area (Å²) in [7, 11) is 0. The molecule has 1 atom stereocenters. The van der Waals surface area contributed by atoms with Crippen molar-refractivity contribution >= 4 is 6.03 Å². The fraction of sp³-hybridized carbons (Fsp3) is 0.900. The van der Waals surface area contributed by atoms with E-state index in [2.05, 4.69) is 16.0 Å². The van der Waals surface area contributed by atoms with Crippen LogP contribution in [0.5, 0.6) is 0 Å². The summed E-state index contributed by atoms with van der Waals surface area (Å²) in [5.41, 5.74) is 0. The number of carbonyl (C=O) groups excluding carboxylic acids is 1. The molecule has 2 rings (SSSR count). The zero-order chi connectivity index (χ0) is 9.80. The minimum Gasteiger partial charge on any atom is -0.335 e. The van der Waals surface area contributed by atoms with E-state index < -0.39 is 0 Å². The van der Waals surface area contributed by atoms with Crippen LogP contribution in [0, 0.1) is 0 Å². The molecule has 14 heavy (non-hydrogen) atoms. The number of piperidine rings is 1. The SMILES string of the molecule is O=C(NC1CCC1)NC1CCCNC1. The van der Waals surface area contributed by atoms with Crippen LogP contribution in [-0.2, 0) is 0 Å². The number of urea groups is 1. The number of hydrogen-bond acceptors (Lipinski definition) is 2. The maximum Gasteiger partial charge on any atom is 0.315 e. The second kappa shape index (κ2) is 4.64. The molecular formula is C10H19N3O. The Morgan fingerprint density at radius 2 is 1.79 bits per heavy atom. The molecule has 4 nitrogen and oxygen atoms in total. The number of nitrogens with one attached hydrogen (secondary N) is 3. The lowest BCUT2D eigenvalue weighted by atomic mass is 9.93. The summed E-state index contributed by atoms with van der Waals surface area (Å²) in [5, 5.41) is 9.27. The van der Waals surface area contributed by atoms with E-state index in [1.165, 1.54) is 6.42 Å². The van der Waals surface area contributed by atoms with Crippen LogP contribution in [0.4, 0.5) is 4.79 Å². The van der Waals surface area contributed by atoms with Crippen molar-refractivity contribution < 1.29 is 4.79 Å². The second-order valence-electron chi connectivity index (χ2n) is 4.29. The van der Waals surface area contributed by atoms with Gasteiger partial charge in [-0.15, -0.1) is 0 Å². The average molecular weight is 197 g/mol. The zero-order valence-corrected chi connectivity index (χ0v) is 8.51. The second-order valence-corrected chi connectivity index (χ2v) is 4.29. The van der Waals surface area contributed by atoms with Crippen LogP contribution in [0.15, 0.2) is 0 Å². The van der Waals surface area contributed by atoms with Gasteiger partial charge >= 0.3 is 6.03 Å². The average Bonchev–Trinajstić information content (AvgIpc) is 2.13. The lowest BCUT2D eigenvalue weighted by molar-refractivity contribution is 0.221. The molecule has 0 aromatic heterocycles. The predicted molar refractivity (Wildman–Crippen MR) is 55.2 cm³/mol. The molecule has 1 saturated carbocycles. The van der Waals surface area contributed by atoms with E-state index in [4.69, 9.17) is 0 Å². The third-order valence-corrected chi connectivity index (χ3v) is 3.07. The predicted octanol–water partition coefficient (Wildman–Crippen LogP) is 0.590. The maximum absolute atomic E-state index is 11.5. The Morgan fingerprint density at radius 1 is 1.07 bits per heavy atom. The van der Waals surface area contributed by atoms with Crippen molar-refractivity contribution in [3.05, 3.63) is 0 Å². The molecule has 80 valence electrons. The standard InChI is InChI=1S/C10H19N3O/c14-10(12-8-3-1-4-8)13-9-5-2-6-11-7-9/h8-9,11H,1-7H2,(H2,12,13,14). The van der Waals surface area contributed by atoms with Crippen LogP contribution in [0.1, 0.15) is 32.1 Å². The van der Waals surface area contributed by atoms with Crippen LogP contribution in [0.2, 0.25) is 0 Å². The van der Waals surface area contributed by atoms with E-state index in [0.29, 0.717) is 12.1 Å². The first-order valence-electron chi connectivity index (χ1n) is 5.62. The van der Waals surface area contributed by atoms with Gasteiger partial charge in [0.25, 0.3) is 0 Å². The van der Waals surface area contributed by atoms with Gasteiger partial charge in [-0.1, -0.05) is 0 Å². The number of rotatable bonds is 2. The van der Waals surface area contributed by atoms with Crippen LogP contribution < -0.4 is 16.0 Å². The molecule has 0 spiro atoms. The van der Waals surface area contributed by atoms with E-state index >= 15 is 0 Å². The van der Waals surface area contributed by atoms with Gasteiger partial charge in [0.05, 0.1) is 0 Å². The molecule has 2 aliphatic rings. The molecule has 0 bridgehead atoms. The Labute approximate surface area is 84.8 Å². The lowest BCUT2D eigenvalue weighted by Gasteiger charge is -2.29. The smallest absolute Gasteiger partial charge is 0.315 e. The molecule has 2 amide bonds. The Morgan fingerprint density at radius 3 is 2.36 bits per heavy atom. The summed E-state index contributed by atoms with van der Waals surface area (Å²) in [6, 6.07) is 0.777. The van der Waals surface area contributed by atoms with Crippen molar-refractivity contribution in [2.45, 2.75) is 44.2 Å². The third kappa shape index (κ3) is 2.61. The third-order valence-electron chi connectivity index (χ3n) is 3.07. The molecule has 3 N–H and O–H groups in total. The Kier molecular flexibility index (Phi) is 3.24. The first kappa shape index (κ1) is 9.77. The highest BCUT2D eigenvalue weighted by Crippen LogP contribution is 2.17. The van der Waals surface area contributed by atoms with Gasteiger partial charge in [0, 0.05) is 18.6 Å². The van der Waals surface area contributed by atoms with Crippen molar-refractivity contribution in [1.29, 1.82) is 0 Å². The summed E-state index contributed by atoms with van der Waals surface area (Å²) in [6.45, 7) is 2.00. The molecule has 0 aromatic carbocycles. The van der Waals surface area contributed by atoms with Gasteiger partial charge in [0.15, 0.2) is 0 Å². The minimum atomic E-state index is 0.0170. The molecule has 1 aliphatic carbocycles. The van der Waals surface area contributed by atoms with Crippen LogP contribution in [0.3, 0.4) is 0 Å². The molecule has 4 heteroatoms. The van der Waals surface area contributed by atoms with Gasteiger partial charge in [-0.2, -0.15) is 0 Å². The summed E-state index contributed by atoms with van der Waals surface area (Å²) in [6.07, 6.45) is 5.82. The fourth-order valence-electron chi connectivity index (χ4n) is 1.94. The van der Waals surface area contributed by atoms with Gasteiger partial charge < -0.3 is 16.0 Å². The number of amides is 2. The van der Waals surface area contributed by atoms with Crippen LogP contribution in [-0.4, -0.2) is 31.2 Å². The largest absolute Gasteiger partial charge is 0.335 e. The van der Waals surface area contributed by atoms with E-state index in [-0.39, 0.29) is 6.03 Å². The molecule has 1 saturated heterocycles. The Hall–Kier alpha value is -0.770. The van der Waals surface area contributed by atoms with Crippen molar-refractivity contribution in [1.82, 2.24) is 16.0 Å². The molecule has 0 radical (unpaired) electrons. The quantitative estimate of drug-likeness (QED) is 0.607. The van der Waals surface area contributed by atoms with Crippen LogP contribution in [0.25, 0.3) is 0 Å². The Bertz CT molecular complexity index is 198. The van der Waals surface area contributed by atoms with E-state index in [9.17, 15) is 4.79 Å². The first-order valence-corrected chi connectivity index (χ1v) is 5.62. The first-order chi connectivity index (χ1) is 6.84. The van der Waals surface area contributed by atoms with Gasteiger partial charge in [0.1, 0.15) is 0 Å². The van der Waals surface area contributed by atoms with Gasteiger partial charge in [-0.3, -0.25) is 0 Å². The summed E-state index contributed by atoms with van der Waals surface area (Å²) in [5.74, 6) is 0. The topological polar surface area (TPSA) is 53.2 Å². The lowest BCUT2D eigenvalue weighted by Crippen LogP contribution is -2.52. The highest BCUT2D eigenvalue weighted by molar-refractivity contribution is 5.74. The molecule has 2 fully saturated rings. The maximum atomic E-state index is 11.5. The van der Waals surface area contributed by atoms with Crippen molar-refractivity contribution in [3.63, 3.8) is 0 Å². The summed E-state index contributed by atoms with van der Waals surface area (Å²) < 4.78 is 0. The zero-order valence-electron chi connectivity index (χ0n) is 8.51. The molecule has 0 aromatic rings. The van der Waals surface area contributed by atoms with Crippen molar-refractivity contribution in [2.75, 3.05) is 13.1 Å². The number of hydrogen-bond donors (Lipinski definition) is 3. The van der Waals surface area contributed by atoms with Gasteiger partial charge in [0.2, 0.25) is 0 Å². The van der Waals surface area contributed by atoms with Crippen molar-refractivity contribution in [2.24, 2.45) is 0 Å². The molecule has 1 heterocycles.